The molecule has 0 spiro atoms. The average molecular weight is 360 g/mol. The maximum Gasteiger partial charge on any atom is 0.220 e. The predicted octanol–water partition coefficient (Wildman–Crippen LogP) is 5.23. The van der Waals surface area contributed by atoms with Crippen LogP contribution in [0.1, 0.15) is 56.1 Å². The number of amides is 1. The molecule has 2 aromatic rings. The van der Waals surface area contributed by atoms with Crippen molar-refractivity contribution in [1.29, 1.82) is 0 Å². The van der Waals surface area contributed by atoms with Crippen LogP contribution in [-0.4, -0.2) is 5.91 Å². The molecule has 0 heterocycles. The van der Waals surface area contributed by atoms with Crippen LogP contribution in [0.25, 0.3) is 0 Å². The van der Waals surface area contributed by atoms with Crippen molar-refractivity contribution in [3.63, 3.8) is 0 Å². The molecule has 2 aromatic carbocycles. The largest absolute Gasteiger partial charge is 0.352 e. The van der Waals surface area contributed by atoms with Crippen molar-refractivity contribution in [3.05, 3.63) is 71.8 Å². The van der Waals surface area contributed by atoms with Gasteiger partial charge >= 0.3 is 0 Å². The van der Waals surface area contributed by atoms with Crippen LogP contribution >= 0.6 is 0 Å². The van der Waals surface area contributed by atoms with Crippen LogP contribution in [0, 0.1) is 17.3 Å². The molecule has 0 unspecified atom stereocenters. The normalized spacial score (nSPS) is 33.8. The van der Waals surface area contributed by atoms with E-state index in [-0.39, 0.29) is 11.3 Å². The van der Waals surface area contributed by atoms with Crippen LogP contribution in [0.2, 0.25) is 0 Å². The summed E-state index contributed by atoms with van der Waals surface area (Å²) >= 11 is 0. The molecule has 0 aliphatic heterocycles. The van der Waals surface area contributed by atoms with Crippen molar-refractivity contribution >= 4 is 5.91 Å². The van der Waals surface area contributed by atoms with E-state index >= 15 is 0 Å². The summed E-state index contributed by atoms with van der Waals surface area (Å²) in [6.45, 7) is 0.645. The summed E-state index contributed by atoms with van der Waals surface area (Å²) in [6.07, 6.45) is 8.49. The summed E-state index contributed by atoms with van der Waals surface area (Å²) < 4.78 is 0. The monoisotopic (exact) mass is 359 g/mol. The van der Waals surface area contributed by atoms with E-state index in [1.165, 1.54) is 49.7 Å². The molecule has 6 rings (SSSR count). The Bertz CT molecular complexity index is 799. The molecule has 1 amide bonds. The molecule has 27 heavy (non-hydrogen) atoms. The second-order valence-corrected chi connectivity index (χ2v) is 9.55. The molecule has 1 N–H and O–H groups in total. The molecule has 4 saturated carbocycles. The molecular weight excluding hydrogens is 330 g/mol. The van der Waals surface area contributed by atoms with Gasteiger partial charge in [-0.2, -0.15) is 0 Å². The van der Waals surface area contributed by atoms with Crippen molar-refractivity contribution in [3.8, 4) is 0 Å². The van der Waals surface area contributed by atoms with Gasteiger partial charge in [-0.05, 0) is 72.3 Å². The number of rotatable bonds is 5. The number of benzene rings is 2. The third kappa shape index (κ3) is 3.20. The first-order chi connectivity index (χ1) is 13.1. The second-order valence-electron chi connectivity index (χ2n) is 9.55. The number of carbonyl (C=O) groups excluding carboxylic acids is 1. The Morgan fingerprint density at radius 2 is 1.52 bits per heavy atom. The highest BCUT2D eigenvalue weighted by molar-refractivity contribution is 5.76. The SMILES string of the molecule is O=C(CC12C[C@@H]3C[C@@H](C1)CC(c1ccccc1)(C3)C2)NCc1ccccc1. The standard InChI is InChI=1S/C25H29NO/c27-23(26-17-19-7-3-1-4-8-19)16-24-12-20-11-21(13-24)15-25(14-20,18-24)22-9-5-2-6-10-22/h1-10,20-21H,11-18H2,(H,26,27)/t20-,21-,24?,25?/m0/s1. The molecular formula is C25H29NO. The second kappa shape index (κ2) is 6.51. The fourth-order valence-corrected chi connectivity index (χ4v) is 6.99. The Balaban J connectivity index is 1.33. The molecule has 0 aromatic heterocycles. The molecule has 0 saturated heterocycles. The zero-order chi connectivity index (χ0) is 18.3. The van der Waals surface area contributed by atoms with E-state index in [9.17, 15) is 4.79 Å². The third-order valence-corrected chi connectivity index (χ3v) is 7.44. The van der Waals surface area contributed by atoms with Crippen molar-refractivity contribution in [2.75, 3.05) is 0 Å². The van der Waals surface area contributed by atoms with Crippen LogP contribution < -0.4 is 5.32 Å². The maximum atomic E-state index is 12.8. The van der Waals surface area contributed by atoms with Crippen LogP contribution in [0.4, 0.5) is 0 Å². The van der Waals surface area contributed by atoms with Crippen molar-refractivity contribution in [2.24, 2.45) is 17.3 Å². The smallest absolute Gasteiger partial charge is 0.220 e. The first kappa shape index (κ1) is 17.0. The molecule has 2 heteroatoms. The lowest BCUT2D eigenvalue weighted by molar-refractivity contribution is -0.131. The van der Waals surface area contributed by atoms with E-state index in [1.807, 2.05) is 18.2 Å². The van der Waals surface area contributed by atoms with Crippen LogP contribution in [0.5, 0.6) is 0 Å². The zero-order valence-electron chi connectivity index (χ0n) is 16.0. The van der Waals surface area contributed by atoms with E-state index in [0.29, 0.717) is 18.4 Å². The summed E-state index contributed by atoms with van der Waals surface area (Å²) in [4.78, 5) is 12.8. The maximum absolute atomic E-state index is 12.8. The van der Waals surface area contributed by atoms with Crippen LogP contribution in [0.15, 0.2) is 60.7 Å². The highest BCUT2D eigenvalue weighted by Gasteiger charge is 2.58. The molecule has 4 bridgehead atoms. The summed E-state index contributed by atoms with van der Waals surface area (Å²) in [7, 11) is 0. The molecule has 2 atom stereocenters. The van der Waals surface area contributed by atoms with Gasteiger partial charge in [0.25, 0.3) is 0 Å². The summed E-state index contributed by atoms with van der Waals surface area (Å²) in [6, 6.07) is 21.4. The molecule has 4 aliphatic carbocycles. The fourth-order valence-electron chi connectivity index (χ4n) is 6.99. The van der Waals surface area contributed by atoms with Gasteiger partial charge in [-0.1, -0.05) is 60.7 Å². The quantitative estimate of drug-likeness (QED) is 0.778. The Morgan fingerprint density at radius 3 is 2.19 bits per heavy atom. The van der Waals surface area contributed by atoms with E-state index in [4.69, 9.17) is 0 Å². The molecule has 4 fully saturated rings. The average Bonchev–Trinajstić information content (AvgIpc) is 2.66. The number of nitrogens with one attached hydrogen (secondary N) is 1. The van der Waals surface area contributed by atoms with Crippen LogP contribution in [-0.2, 0) is 16.8 Å². The Morgan fingerprint density at radius 1 is 0.889 bits per heavy atom. The third-order valence-electron chi connectivity index (χ3n) is 7.44. The minimum Gasteiger partial charge on any atom is -0.352 e. The first-order valence-electron chi connectivity index (χ1n) is 10.5. The number of carbonyl (C=O) groups is 1. The van der Waals surface area contributed by atoms with Crippen molar-refractivity contribution in [2.45, 2.75) is 56.9 Å². The van der Waals surface area contributed by atoms with Gasteiger partial charge in [-0.3, -0.25) is 4.79 Å². The molecule has 4 aliphatic rings. The van der Waals surface area contributed by atoms with E-state index in [1.54, 1.807) is 0 Å². The summed E-state index contributed by atoms with van der Waals surface area (Å²) in [5, 5.41) is 3.19. The summed E-state index contributed by atoms with van der Waals surface area (Å²) in [5.74, 6) is 1.87. The zero-order valence-corrected chi connectivity index (χ0v) is 16.0. The fraction of sp³-hybridized carbons (Fsp3) is 0.480. The predicted molar refractivity (Wildman–Crippen MR) is 108 cm³/mol. The Hall–Kier alpha value is -2.09. The topological polar surface area (TPSA) is 29.1 Å². The minimum atomic E-state index is 0.223. The number of hydrogen-bond acceptors (Lipinski definition) is 1. The highest BCUT2D eigenvalue weighted by atomic mass is 16.1. The van der Waals surface area contributed by atoms with Gasteiger partial charge in [-0.25, -0.2) is 0 Å². The van der Waals surface area contributed by atoms with Crippen molar-refractivity contribution < 1.29 is 4.79 Å². The number of hydrogen-bond donors (Lipinski definition) is 1. The van der Waals surface area contributed by atoms with Gasteiger partial charge < -0.3 is 5.32 Å². The lowest BCUT2D eigenvalue weighted by Crippen LogP contribution is -2.55. The van der Waals surface area contributed by atoms with Gasteiger partial charge in [0.15, 0.2) is 0 Å². The lowest BCUT2D eigenvalue weighted by Gasteiger charge is -2.62. The molecule has 0 radical (unpaired) electrons. The van der Waals surface area contributed by atoms with Gasteiger partial charge in [0.05, 0.1) is 0 Å². The van der Waals surface area contributed by atoms with Crippen LogP contribution in [0.3, 0.4) is 0 Å². The van der Waals surface area contributed by atoms with Crippen molar-refractivity contribution in [1.82, 2.24) is 5.32 Å². The lowest BCUT2D eigenvalue weighted by atomic mass is 9.42. The Kier molecular flexibility index (Phi) is 4.11. The van der Waals surface area contributed by atoms with Gasteiger partial charge in [0.1, 0.15) is 0 Å². The summed E-state index contributed by atoms with van der Waals surface area (Å²) in [5.41, 5.74) is 3.25. The van der Waals surface area contributed by atoms with E-state index < -0.39 is 0 Å². The molecule has 2 nitrogen and oxygen atoms in total. The van der Waals surface area contributed by atoms with Gasteiger partial charge in [0.2, 0.25) is 5.91 Å². The van der Waals surface area contributed by atoms with E-state index in [2.05, 4.69) is 47.8 Å². The molecule has 140 valence electrons. The van der Waals surface area contributed by atoms with Gasteiger partial charge in [-0.15, -0.1) is 0 Å². The van der Waals surface area contributed by atoms with Gasteiger partial charge in [0, 0.05) is 13.0 Å². The highest BCUT2D eigenvalue weighted by Crippen LogP contribution is 2.66. The first-order valence-corrected chi connectivity index (χ1v) is 10.5. The Labute approximate surface area is 162 Å². The minimum absolute atomic E-state index is 0.223. The van der Waals surface area contributed by atoms with E-state index in [0.717, 1.165) is 11.8 Å².